The van der Waals surface area contributed by atoms with E-state index in [-0.39, 0.29) is 5.75 Å². The van der Waals surface area contributed by atoms with Gasteiger partial charge in [-0.25, -0.2) is 4.39 Å². The normalized spacial score (nSPS) is 10.4. The Bertz CT molecular complexity index is 632. The number of nitrogens with two attached hydrogens (primary N) is 1. The van der Waals surface area contributed by atoms with Crippen molar-refractivity contribution >= 4 is 33.0 Å². The Morgan fingerprint density at radius 3 is 2.65 bits per heavy atom. The smallest absolute Gasteiger partial charge is 0.167 e. The van der Waals surface area contributed by atoms with Crippen LogP contribution in [0.1, 0.15) is 12.5 Å². The molecule has 0 aromatic heterocycles. The van der Waals surface area contributed by atoms with Crippen molar-refractivity contribution < 1.29 is 9.13 Å². The quantitative estimate of drug-likeness (QED) is 0.799. The average molecular weight is 339 g/mol. The van der Waals surface area contributed by atoms with Crippen molar-refractivity contribution in [3.63, 3.8) is 0 Å². The van der Waals surface area contributed by atoms with Crippen molar-refractivity contribution in [3.05, 3.63) is 46.2 Å². The average Bonchev–Trinajstić information content (AvgIpc) is 2.38. The lowest BCUT2D eigenvalue weighted by molar-refractivity contribution is 0.322. The molecule has 0 fully saturated rings. The molecular formula is C15H16BrFN2O. The van der Waals surface area contributed by atoms with Crippen LogP contribution in [0.15, 0.2) is 34.8 Å². The van der Waals surface area contributed by atoms with Gasteiger partial charge in [0.1, 0.15) is 0 Å². The van der Waals surface area contributed by atoms with Crippen molar-refractivity contribution in [1.82, 2.24) is 0 Å². The van der Waals surface area contributed by atoms with Crippen LogP contribution in [-0.4, -0.2) is 6.61 Å². The third-order valence-electron chi connectivity index (χ3n) is 2.80. The number of aryl methyl sites for hydroxylation is 1. The molecule has 0 aliphatic heterocycles. The molecule has 2 rings (SSSR count). The van der Waals surface area contributed by atoms with Gasteiger partial charge in [0.15, 0.2) is 11.6 Å². The lowest BCUT2D eigenvalue weighted by Gasteiger charge is -2.14. The summed E-state index contributed by atoms with van der Waals surface area (Å²) in [6.45, 7) is 4.21. The van der Waals surface area contributed by atoms with Gasteiger partial charge in [-0.05, 0) is 47.5 Å². The van der Waals surface area contributed by atoms with Gasteiger partial charge >= 0.3 is 0 Å². The third-order valence-corrected chi connectivity index (χ3v) is 3.45. The van der Waals surface area contributed by atoms with E-state index in [4.69, 9.17) is 10.5 Å². The Balaban J connectivity index is 2.35. The zero-order chi connectivity index (χ0) is 14.7. The maximum absolute atomic E-state index is 13.6. The molecule has 0 bridgehead atoms. The molecule has 0 unspecified atom stereocenters. The number of rotatable bonds is 4. The summed E-state index contributed by atoms with van der Waals surface area (Å²) >= 11 is 3.48. The number of nitrogens with one attached hydrogen (secondary N) is 1. The summed E-state index contributed by atoms with van der Waals surface area (Å²) < 4.78 is 19.8. The van der Waals surface area contributed by atoms with Crippen molar-refractivity contribution in [2.75, 3.05) is 17.7 Å². The van der Waals surface area contributed by atoms with E-state index in [0.29, 0.717) is 18.0 Å². The molecule has 2 aromatic carbocycles. The molecule has 3 nitrogen and oxygen atoms in total. The van der Waals surface area contributed by atoms with Crippen LogP contribution in [-0.2, 0) is 0 Å². The van der Waals surface area contributed by atoms with Crippen LogP contribution in [0.4, 0.5) is 21.5 Å². The fourth-order valence-electron chi connectivity index (χ4n) is 1.81. The Morgan fingerprint density at radius 2 is 2.00 bits per heavy atom. The Morgan fingerprint density at radius 1 is 1.25 bits per heavy atom. The van der Waals surface area contributed by atoms with Crippen LogP contribution in [0.5, 0.6) is 5.75 Å². The van der Waals surface area contributed by atoms with Crippen LogP contribution in [0, 0.1) is 12.7 Å². The molecule has 5 heteroatoms. The summed E-state index contributed by atoms with van der Waals surface area (Å²) in [4.78, 5) is 0. The first-order valence-corrected chi connectivity index (χ1v) is 7.05. The van der Waals surface area contributed by atoms with E-state index in [9.17, 15) is 4.39 Å². The number of benzene rings is 2. The molecule has 0 radical (unpaired) electrons. The molecule has 20 heavy (non-hydrogen) atoms. The van der Waals surface area contributed by atoms with Crippen molar-refractivity contribution in [2.24, 2.45) is 0 Å². The van der Waals surface area contributed by atoms with E-state index in [1.54, 1.807) is 13.0 Å². The van der Waals surface area contributed by atoms with Crippen LogP contribution < -0.4 is 15.8 Å². The highest BCUT2D eigenvalue weighted by atomic mass is 79.9. The maximum Gasteiger partial charge on any atom is 0.167 e. The summed E-state index contributed by atoms with van der Waals surface area (Å²) in [5.74, 6) is -0.273. The van der Waals surface area contributed by atoms with Gasteiger partial charge in [-0.3, -0.25) is 0 Å². The second-order valence-corrected chi connectivity index (χ2v) is 5.27. The molecule has 0 aliphatic rings. The highest BCUT2D eigenvalue weighted by molar-refractivity contribution is 9.10. The topological polar surface area (TPSA) is 47.3 Å². The van der Waals surface area contributed by atoms with Gasteiger partial charge in [0.2, 0.25) is 0 Å². The zero-order valence-corrected chi connectivity index (χ0v) is 12.9. The molecule has 3 N–H and O–H groups in total. The summed E-state index contributed by atoms with van der Waals surface area (Å²) in [5.41, 5.74) is 8.78. The maximum atomic E-state index is 13.6. The molecule has 2 aromatic rings. The second kappa shape index (κ2) is 6.13. The Labute approximate surface area is 126 Å². The second-order valence-electron chi connectivity index (χ2n) is 4.41. The van der Waals surface area contributed by atoms with Crippen molar-refractivity contribution in [2.45, 2.75) is 13.8 Å². The van der Waals surface area contributed by atoms with E-state index < -0.39 is 5.82 Å². The third kappa shape index (κ3) is 3.22. The first-order valence-electron chi connectivity index (χ1n) is 6.26. The first kappa shape index (κ1) is 14.7. The highest BCUT2D eigenvalue weighted by Crippen LogP contribution is 2.33. The van der Waals surface area contributed by atoms with Gasteiger partial charge in [-0.15, -0.1) is 0 Å². The predicted octanol–water partition coefficient (Wildman–Crippen LogP) is 4.62. The lowest BCUT2D eigenvalue weighted by Crippen LogP contribution is -2.01. The summed E-state index contributed by atoms with van der Waals surface area (Å²) in [7, 11) is 0. The molecule has 0 atom stereocenters. The number of hydrogen-bond donors (Lipinski definition) is 2. The highest BCUT2D eigenvalue weighted by Gasteiger charge is 2.10. The standard InChI is InChI=1S/C15H16BrFN2O/c1-3-20-15-8-14(12(18)7-11(15)17)19-13-5-4-9(2)6-10(13)16/h4-8,19H,3,18H2,1-2H3. The van der Waals surface area contributed by atoms with Crippen LogP contribution in [0.3, 0.4) is 0 Å². The van der Waals surface area contributed by atoms with Crippen LogP contribution in [0.25, 0.3) is 0 Å². The molecule has 0 spiro atoms. The molecule has 106 valence electrons. The number of halogens is 2. The van der Waals surface area contributed by atoms with Crippen LogP contribution >= 0.6 is 15.9 Å². The number of hydrogen-bond acceptors (Lipinski definition) is 3. The molecule has 0 heterocycles. The predicted molar refractivity (Wildman–Crippen MR) is 84.1 cm³/mol. The fourth-order valence-corrected chi connectivity index (χ4v) is 2.40. The monoisotopic (exact) mass is 338 g/mol. The van der Waals surface area contributed by atoms with E-state index >= 15 is 0 Å². The number of anilines is 3. The molecular weight excluding hydrogens is 323 g/mol. The number of nitrogen functional groups attached to an aromatic ring is 1. The zero-order valence-electron chi connectivity index (χ0n) is 11.3. The molecule has 0 saturated carbocycles. The van der Waals surface area contributed by atoms with E-state index in [1.807, 2.05) is 25.1 Å². The number of ether oxygens (including phenoxy) is 1. The summed E-state index contributed by atoms with van der Waals surface area (Å²) in [5, 5.41) is 3.18. The first-order chi connectivity index (χ1) is 9.51. The van der Waals surface area contributed by atoms with Gasteiger partial charge < -0.3 is 15.8 Å². The lowest BCUT2D eigenvalue weighted by atomic mass is 10.2. The van der Waals surface area contributed by atoms with E-state index in [2.05, 4.69) is 21.2 Å². The minimum absolute atomic E-state index is 0.187. The Kier molecular flexibility index (Phi) is 4.49. The molecule has 0 amide bonds. The van der Waals surface area contributed by atoms with Gasteiger partial charge in [-0.1, -0.05) is 6.07 Å². The van der Waals surface area contributed by atoms with E-state index in [0.717, 1.165) is 15.7 Å². The molecule has 0 aliphatic carbocycles. The summed E-state index contributed by atoms with van der Waals surface area (Å²) in [6.07, 6.45) is 0. The largest absolute Gasteiger partial charge is 0.491 e. The van der Waals surface area contributed by atoms with Crippen molar-refractivity contribution in [3.8, 4) is 5.75 Å². The van der Waals surface area contributed by atoms with Crippen LogP contribution in [0.2, 0.25) is 0 Å². The molecule has 0 saturated heterocycles. The van der Waals surface area contributed by atoms with Crippen molar-refractivity contribution in [1.29, 1.82) is 0 Å². The van der Waals surface area contributed by atoms with E-state index in [1.165, 1.54) is 6.07 Å². The van der Waals surface area contributed by atoms with Gasteiger partial charge in [0, 0.05) is 16.6 Å². The van der Waals surface area contributed by atoms with Gasteiger partial charge in [0.25, 0.3) is 0 Å². The minimum Gasteiger partial charge on any atom is -0.491 e. The summed E-state index contributed by atoms with van der Waals surface area (Å²) in [6, 6.07) is 8.74. The minimum atomic E-state index is -0.460. The van der Waals surface area contributed by atoms with Gasteiger partial charge in [0.05, 0.1) is 23.7 Å². The SMILES string of the molecule is CCOc1cc(Nc2ccc(C)cc2Br)c(N)cc1F. The Hall–Kier alpha value is -1.75. The van der Waals surface area contributed by atoms with Gasteiger partial charge in [-0.2, -0.15) is 0 Å². The fraction of sp³-hybridized carbons (Fsp3) is 0.200.